The fraction of sp³-hybridized carbons (Fsp3) is 0.300. The van der Waals surface area contributed by atoms with Crippen molar-refractivity contribution in [2.75, 3.05) is 0 Å². The smallest absolute Gasteiger partial charge is 0.332 e. The molecule has 0 radical (unpaired) electrons. The number of carboxylic acids is 1. The summed E-state index contributed by atoms with van der Waals surface area (Å²) in [6.07, 6.45) is 7.20. The maximum Gasteiger partial charge on any atom is 0.332 e. The lowest BCUT2D eigenvalue weighted by Crippen LogP contribution is -2.08. The molecule has 0 unspecified atom stereocenters. The first-order chi connectivity index (χ1) is 11.6. The van der Waals surface area contributed by atoms with Gasteiger partial charge in [0.25, 0.3) is 0 Å². The van der Waals surface area contributed by atoms with Crippen molar-refractivity contribution in [1.29, 1.82) is 0 Å². The molecule has 2 rings (SSSR count). The zero-order valence-corrected chi connectivity index (χ0v) is 13.8. The summed E-state index contributed by atoms with van der Waals surface area (Å²) in [5.74, 6) is -0.905. The Labute approximate surface area is 141 Å². The second-order valence-corrected chi connectivity index (χ2v) is 5.74. The van der Waals surface area contributed by atoms with Gasteiger partial charge in [-0.15, -0.1) is 0 Å². The first kappa shape index (κ1) is 17.7. The van der Waals surface area contributed by atoms with Crippen LogP contribution in [0.2, 0.25) is 0 Å². The summed E-state index contributed by atoms with van der Waals surface area (Å²) < 4.78 is 5.11. The van der Waals surface area contributed by atoms with Crippen LogP contribution in [0.3, 0.4) is 0 Å². The predicted molar refractivity (Wildman–Crippen MR) is 92.9 cm³/mol. The standard InChI is InChI=1S/C20H22O4/c1-2-3-4-6-15-8-10-16(11-9-15)19(21)14-17(20(22)23)13-18-7-5-12-24-18/h5,7-13H,2-4,6,14H2,1H3,(H,22,23). The third-order valence-corrected chi connectivity index (χ3v) is 3.83. The van der Waals surface area contributed by atoms with Crippen LogP contribution >= 0.6 is 0 Å². The van der Waals surface area contributed by atoms with E-state index < -0.39 is 5.97 Å². The number of hydrogen-bond donors (Lipinski definition) is 1. The highest BCUT2D eigenvalue weighted by atomic mass is 16.4. The van der Waals surface area contributed by atoms with Crippen molar-refractivity contribution in [3.05, 3.63) is 65.1 Å². The quantitative estimate of drug-likeness (QED) is 0.410. The van der Waals surface area contributed by atoms with Gasteiger partial charge in [-0.05, 0) is 36.6 Å². The monoisotopic (exact) mass is 326 g/mol. The molecule has 0 bridgehead atoms. The zero-order chi connectivity index (χ0) is 17.4. The van der Waals surface area contributed by atoms with Crippen molar-refractivity contribution >= 4 is 17.8 Å². The van der Waals surface area contributed by atoms with Gasteiger partial charge in [-0.25, -0.2) is 4.79 Å². The largest absolute Gasteiger partial charge is 0.478 e. The average Bonchev–Trinajstić information content (AvgIpc) is 3.08. The number of benzene rings is 1. The number of aryl methyl sites for hydroxylation is 1. The van der Waals surface area contributed by atoms with E-state index in [0.29, 0.717) is 11.3 Å². The number of Topliss-reactive ketones (excluding diaryl/α,β-unsaturated/α-hetero) is 1. The van der Waals surface area contributed by atoms with Gasteiger partial charge in [-0.3, -0.25) is 4.79 Å². The van der Waals surface area contributed by atoms with Crippen LogP contribution in [0, 0.1) is 0 Å². The highest BCUT2D eigenvalue weighted by molar-refractivity contribution is 6.04. The van der Waals surface area contributed by atoms with E-state index in [0.717, 1.165) is 12.8 Å². The molecule has 0 aliphatic heterocycles. The van der Waals surface area contributed by atoms with Crippen LogP contribution in [-0.2, 0) is 11.2 Å². The number of unbranched alkanes of at least 4 members (excludes halogenated alkanes) is 2. The number of carboxylic acid groups (broad SMARTS) is 1. The summed E-state index contributed by atoms with van der Waals surface area (Å²) in [6.45, 7) is 2.16. The molecule has 24 heavy (non-hydrogen) atoms. The van der Waals surface area contributed by atoms with E-state index in [-0.39, 0.29) is 17.8 Å². The van der Waals surface area contributed by atoms with Gasteiger partial charge in [0, 0.05) is 17.6 Å². The molecule has 1 aromatic carbocycles. The number of rotatable bonds is 9. The lowest BCUT2D eigenvalue weighted by atomic mass is 10.00. The van der Waals surface area contributed by atoms with Gasteiger partial charge in [0.15, 0.2) is 5.78 Å². The van der Waals surface area contributed by atoms with Crippen LogP contribution in [0.4, 0.5) is 0 Å². The van der Waals surface area contributed by atoms with Crippen molar-refractivity contribution in [3.8, 4) is 0 Å². The SMILES string of the molecule is CCCCCc1ccc(C(=O)CC(=Cc2ccco2)C(=O)O)cc1. The van der Waals surface area contributed by atoms with Gasteiger partial charge >= 0.3 is 5.97 Å². The van der Waals surface area contributed by atoms with Crippen LogP contribution in [-0.4, -0.2) is 16.9 Å². The number of ketones is 1. The first-order valence-electron chi connectivity index (χ1n) is 8.19. The number of carbonyl (C=O) groups is 2. The molecular formula is C20H22O4. The average molecular weight is 326 g/mol. The topological polar surface area (TPSA) is 67.5 Å². The maximum absolute atomic E-state index is 12.3. The molecule has 0 fully saturated rings. The van der Waals surface area contributed by atoms with Crippen molar-refractivity contribution < 1.29 is 19.1 Å². The van der Waals surface area contributed by atoms with E-state index in [1.807, 2.05) is 12.1 Å². The third-order valence-electron chi connectivity index (χ3n) is 3.83. The second-order valence-electron chi connectivity index (χ2n) is 5.74. The fourth-order valence-electron chi connectivity index (χ4n) is 2.44. The zero-order valence-electron chi connectivity index (χ0n) is 13.8. The van der Waals surface area contributed by atoms with Crippen LogP contribution in [0.15, 0.2) is 52.7 Å². The highest BCUT2D eigenvalue weighted by Gasteiger charge is 2.15. The number of aliphatic carboxylic acids is 1. The molecule has 0 saturated carbocycles. The van der Waals surface area contributed by atoms with Gasteiger partial charge < -0.3 is 9.52 Å². The summed E-state index contributed by atoms with van der Waals surface area (Å²) in [5, 5.41) is 9.27. The van der Waals surface area contributed by atoms with E-state index in [9.17, 15) is 14.7 Å². The third kappa shape index (κ3) is 5.23. The molecule has 0 aliphatic rings. The summed E-state index contributed by atoms with van der Waals surface area (Å²) in [6, 6.07) is 10.8. The summed E-state index contributed by atoms with van der Waals surface area (Å²) in [7, 11) is 0. The molecule has 0 spiro atoms. The Morgan fingerprint density at radius 2 is 1.88 bits per heavy atom. The van der Waals surface area contributed by atoms with E-state index in [1.165, 1.54) is 30.7 Å². The summed E-state index contributed by atoms with van der Waals surface area (Å²) >= 11 is 0. The lowest BCUT2D eigenvalue weighted by molar-refractivity contribution is -0.132. The number of hydrogen-bond acceptors (Lipinski definition) is 3. The Bertz CT molecular complexity index is 694. The molecular weight excluding hydrogens is 304 g/mol. The van der Waals surface area contributed by atoms with Crippen LogP contribution in [0.25, 0.3) is 6.08 Å². The molecule has 0 amide bonds. The van der Waals surface area contributed by atoms with E-state index in [4.69, 9.17) is 4.42 Å². The molecule has 0 saturated heterocycles. The minimum absolute atomic E-state index is 0.0157. The Kier molecular flexibility index (Phi) is 6.55. The Morgan fingerprint density at radius 1 is 1.12 bits per heavy atom. The Balaban J connectivity index is 2.03. The molecule has 4 nitrogen and oxygen atoms in total. The molecule has 0 atom stereocenters. The Hall–Kier alpha value is -2.62. The van der Waals surface area contributed by atoms with E-state index in [2.05, 4.69) is 6.92 Å². The number of carbonyl (C=O) groups excluding carboxylic acids is 1. The van der Waals surface area contributed by atoms with Gasteiger partial charge in [-0.2, -0.15) is 0 Å². The Morgan fingerprint density at radius 3 is 2.46 bits per heavy atom. The number of furan rings is 1. The summed E-state index contributed by atoms with van der Waals surface area (Å²) in [4.78, 5) is 23.7. The minimum atomic E-state index is -1.11. The van der Waals surface area contributed by atoms with Gasteiger partial charge in [0.05, 0.1) is 6.26 Å². The molecule has 1 aromatic heterocycles. The molecule has 1 N–H and O–H groups in total. The van der Waals surface area contributed by atoms with Crippen molar-refractivity contribution in [2.24, 2.45) is 0 Å². The molecule has 2 aromatic rings. The van der Waals surface area contributed by atoms with E-state index >= 15 is 0 Å². The van der Waals surface area contributed by atoms with Crippen molar-refractivity contribution in [3.63, 3.8) is 0 Å². The van der Waals surface area contributed by atoms with Crippen molar-refractivity contribution in [2.45, 2.75) is 39.0 Å². The minimum Gasteiger partial charge on any atom is -0.478 e. The van der Waals surface area contributed by atoms with Crippen LogP contribution in [0.1, 0.15) is 54.3 Å². The second kappa shape index (κ2) is 8.87. The van der Waals surface area contributed by atoms with Crippen LogP contribution < -0.4 is 0 Å². The molecule has 0 aliphatic carbocycles. The maximum atomic E-state index is 12.3. The first-order valence-corrected chi connectivity index (χ1v) is 8.19. The van der Waals surface area contributed by atoms with Gasteiger partial charge in [-0.1, -0.05) is 44.0 Å². The molecule has 1 heterocycles. The highest BCUT2D eigenvalue weighted by Crippen LogP contribution is 2.16. The van der Waals surface area contributed by atoms with Gasteiger partial charge in [0.1, 0.15) is 5.76 Å². The molecule has 4 heteroatoms. The lowest BCUT2D eigenvalue weighted by Gasteiger charge is -2.05. The molecule has 126 valence electrons. The van der Waals surface area contributed by atoms with E-state index in [1.54, 1.807) is 24.3 Å². The fourth-order valence-corrected chi connectivity index (χ4v) is 2.44. The van der Waals surface area contributed by atoms with Crippen molar-refractivity contribution in [1.82, 2.24) is 0 Å². The normalized spacial score (nSPS) is 11.5. The summed E-state index contributed by atoms with van der Waals surface area (Å²) in [5.41, 5.74) is 1.74. The van der Waals surface area contributed by atoms with Crippen LogP contribution in [0.5, 0.6) is 0 Å². The predicted octanol–water partition coefficient (Wildman–Crippen LogP) is 4.75. The van der Waals surface area contributed by atoms with Gasteiger partial charge in [0.2, 0.25) is 0 Å².